The van der Waals surface area contributed by atoms with Gasteiger partial charge in [0.15, 0.2) is 0 Å². The summed E-state index contributed by atoms with van der Waals surface area (Å²) in [5.74, 6) is 1.07. The molecule has 4 rings (SSSR count). The number of rotatable bonds is 4. The number of nitrogens with zero attached hydrogens (tertiary/aromatic N) is 1. The van der Waals surface area contributed by atoms with E-state index in [4.69, 9.17) is 4.74 Å². The Morgan fingerprint density at radius 2 is 2.12 bits per heavy atom. The van der Waals surface area contributed by atoms with Crippen molar-refractivity contribution in [2.45, 2.75) is 50.7 Å². The van der Waals surface area contributed by atoms with Gasteiger partial charge in [-0.2, -0.15) is 0 Å². The minimum absolute atomic E-state index is 0.180. The molecular formula is C19H27N3O2. The Morgan fingerprint density at radius 1 is 1.17 bits per heavy atom. The Balaban J connectivity index is 1.40. The lowest BCUT2D eigenvalue weighted by molar-refractivity contribution is 0.0674. The molecule has 1 aromatic rings. The van der Waals surface area contributed by atoms with E-state index in [2.05, 4.69) is 16.7 Å². The SMILES string of the molecule is O=C1c2ccc(OCC3CCCCN3)cc2CN1C1CCCNC1. The van der Waals surface area contributed by atoms with Crippen molar-refractivity contribution in [2.24, 2.45) is 0 Å². The van der Waals surface area contributed by atoms with Crippen LogP contribution in [0.15, 0.2) is 18.2 Å². The van der Waals surface area contributed by atoms with Gasteiger partial charge in [-0.15, -0.1) is 0 Å². The molecule has 1 amide bonds. The molecule has 130 valence electrons. The second-order valence-corrected chi connectivity index (χ2v) is 7.21. The van der Waals surface area contributed by atoms with Gasteiger partial charge in [0.2, 0.25) is 0 Å². The standard InChI is InChI=1S/C19H27N3O2/c23-19-18-7-6-17(24-13-15-4-1-2-9-21-15)10-14(18)12-22(19)16-5-3-8-20-11-16/h6-7,10,15-16,20-21H,1-5,8-9,11-13H2. The van der Waals surface area contributed by atoms with Crippen molar-refractivity contribution in [1.29, 1.82) is 0 Å². The lowest BCUT2D eigenvalue weighted by atomic mass is 10.1. The fourth-order valence-corrected chi connectivity index (χ4v) is 4.07. The third-order valence-corrected chi connectivity index (χ3v) is 5.48. The highest BCUT2D eigenvalue weighted by Gasteiger charge is 2.33. The van der Waals surface area contributed by atoms with E-state index in [9.17, 15) is 4.79 Å². The van der Waals surface area contributed by atoms with E-state index in [0.29, 0.717) is 18.7 Å². The third-order valence-electron chi connectivity index (χ3n) is 5.48. The Bertz CT molecular complexity index is 592. The molecule has 0 radical (unpaired) electrons. The largest absolute Gasteiger partial charge is 0.492 e. The van der Waals surface area contributed by atoms with Crippen molar-refractivity contribution < 1.29 is 9.53 Å². The summed E-state index contributed by atoms with van der Waals surface area (Å²) in [5, 5.41) is 6.91. The fourth-order valence-electron chi connectivity index (χ4n) is 4.07. The number of piperidine rings is 2. The summed E-state index contributed by atoms with van der Waals surface area (Å²) < 4.78 is 5.98. The maximum atomic E-state index is 12.7. The zero-order valence-corrected chi connectivity index (χ0v) is 14.2. The number of fused-ring (bicyclic) bond motifs is 1. The number of benzene rings is 1. The summed E-state index contributed by atoms with van der Waals surface area (Å²) in [6, 6.07) is 6.74. The Morgan fingerprint density at radius 3 is 2.92 bits per heavy atom. The molecule has 2 unspecified atom stereocenters. The van der Waals surface area contributed by atoms with E-state index in [-0.39, 0.29) is 5.91 Å². The van der Waals surface area contributed by atoms with Crippen LogP contribution in [0.4, 0.5) is 0 Å². The molecule has 0 saturated carbocycles. The first-order chi connectivity index (χ1) is 11.8. The van der Waals surface area contributed by atoms with Crippen LogP contribution in [0.3, 0.4) is 0 Å². The average Bonchev–Trinajstić information content (AvgIpc) is 2.98. The van der Waals surface area contributed by atoms with E-state index >= 15 is 0 Å². The molecule has 5 heteroatoms. The van der Waals surface area contributed by atoms with Crippen molar-refractivity contribution in [2.75, 3.05) is 26.2 Å². The Labute approximate surface area is 143 Å². The first-order valence-electron chi connectivity index (χ1n) is 9.32. The minimum atomic E-state index is 0.180. The lowest BCUT2D eigenvalue weighted by Crippen LogP contribution is -2.46. The number of carbonyl (C=O) groups is 1. The topological polar surface area (TPSA) is 53.6 Å². The molecule has 3 aliphatic heterocycles. The molecule has 3 heterocycles. The smallest absolute Gasteiger partial charge is 0.254 e. The maximum Gasteiger partial charge on any atom is 0.254 e. The van der Waals surface area contributed by atoms with Crippen molar-refractivity contribution in [3.63, 3.8) is 0 Å². The van der Waals surface area contributed by atoms with Gasteiger partial charge >= 0.3 is 0 Å². The van der Waals surface area contributed by atoms with Crippen LogP contribution in [0, 0.1) is 0 Å². The fraction of sp³-hybridized carbons (Fsp3) is 0.632. The number of carbonyl (C=O) groups excluding carboxylic acids is 1. The highest BCUT2D eigenvalue weighted by atomic mass is 16.5. The van der Waals surface area contributed by atoms with Crippen LogP contribution in [-0.2, 0) is 6.54 Å². The van der Waals surface area contributed by atoms with Gasteiger partial charge in [0.05, 0.1) is 0 Å². The molecule has 0 aromatic heterocycles. The van der Waals surface area contributed by atoms with E-state index in [0.717, 1.165) is 55.9 Å². The number of amides is 1. The number of ether oxygens (including phenoxy) is 1. The monoisotopic (exact) mass is 329 g/mol. The molecule has 1 aromatic carbocycles. The second-order valence-electron chi connectivity index (χ2n) is 7.21. The zero-order chi connectivity index (χ0) is 16.4. The lowest BCUT2D eigenvalue weighted by Gasteiger charge is -2.31. The van der Waals surface area contributed by atoms with Crippen LogP contribution < -0.4 is 15.4 Å². The number of nitrogens with one attached hydrogen (secondary N) is 2. The second kappa shape index (κ2) is 7.11. The van der Waals surface area contributed by atoms with E-state index in [1.54, 1.807) is 0 Å². The molecule has 2 fully saturated rings. The van der Waals surface area contributed by atoms with Gasteiger partial charge in [-0.05, 0) is 62.5 Å². The van der Waals surface area contributed by atoms with Crippen molar-refractivity contribution in [3.05, 3.63) is 29.3 Å². The summed E-state index contributed by atoms with van der Waals surface area (Å²) in [4.78, 5) is 14.7. The minimum Gasteiger partial charge on any atom is -0.492 e. The average molecular weight is 329 g/mol. The number of hydrogen-bond acceptors (Lipinski definition) is 4. The predicted octanol–water partition coefficient (Wildman–Crippen LogP) is 1.92. The summed E-state index contributed by atoms with van der Waals surface area (Å²) in [7, 11) is 0. The van der Waals surface area contributed by atoms with E-state index < -0.39 is 0 Å². The van der Waals surface area contributed by atoms with Crippen molar-refractivity contribution >= 4 is 5.91 Å². The molecule has 0 aliphatic carbocycles. The molecule has 3 aliphatic rings. The van der Waals surface area contributed by atoms with Crippen molar-refractivity contribution in [1.82, 2.24) is 15.5 Å². The summed E-state index contributed by atoms with van der Waals surface area (Å²) in [5.41, 5.74) is 1.96. The van der Waals surface area contributed by atoms with Crippen LogP contribution >= 0.6 is 0 Å². The van der Waals surface area contributed by atoms with Gasteiger partial charge in [0.25, 0.3) is 5.91 Å². The zero-order valence-electron chi connectivity index (χ0n) is 14.2. The summed E-state index contributed by atoms with van der Waals surface area (Å²) in [6.07, 6.45) is 5.98. The highest BCUT2D eigenvalue weighted by molar-refractivity contribution is 5.98. The molecule has 0 bridgehead atoms. The normalized spacial score (nSPS) is 27.2. The quantitative estimate of drug-likeness (QED) is 0.886. The molecular weight excluding hydrogens is 302 g/mol. The molecule has 5 nitrogen and oxygen atoms in total. The van der Waals surface area contributed by atoms with Crippen LogP contribution in [0.2, 0.25) is 0 Å². The first-order valence-corrected chi connectivity index (χ1v) is 9.32. The Kier molecular flexibility index (Phi) is 4.72. The van der Waals surface area contributed by atoms with Crippen LogP contribution in [0.5, 0.6) is 5.75 Å². The highest BCUT2D eigenvalue weighted by Crippen LogP contribution is 2.29. The first kappa shape index (κ1) is 15.9. The molecule has 2 saturated heterocycles. The van der Waals surface area contributed by atoms with E-state index in [1.807, 2.05) is 17.0 Å². The van der Waals surface area contributed by atoms with Gasteiger partial charge in [0, 0.05) is 30.7 Å². The predicted molar refractivity (Wildman–Crippen MR) is 93.3 cm³/mol. The van der Waals surface area contributed by atoms with Crippen LogP contribution in [0.25, 0.3) is 0 Å². The summed E-state index contributed by atoms with van der Waals surface area (Å²) >= 11 is 0. The van der Waals surface area contributed by atoms with Gasteiger partial charge < -0.3 is 20.3 Å². The van der Waals surface area contributed by atoms with Gasteiger partial charge in [0.1, 0.15) is 12.4 Å². The number of hydrogen-bond donors (Lipinski definition) is 2. The molecule has 2 atom stereocenters. The molecule has 24 heavy (non-hydrogen) atoms. The Hall–Kier alpha value is -1.59. The van der Waals surface area contributed by atoms with Gasteiger partial charge in [-0.25, -0.2) is 0 Å². The third kappa shape index (κ3) is 3.28. The van der Waals surface area contributed by atoms with E-state index in [1.165, 1.54) is 19.3 Å². The molecule has 2 N–H and O–H groups in total. The van der Waals surface area contributed by atoms with Gasteiger partial charge in [-0.3, -0.25) is 4.79 Å². The summed E-state index contributed by atoms with van der Waals surface area (Å²) in [6.45, 7) is 4.51. The maximum absolute atomic E-state index is 12.7. The van der Waals surface area contributed by atoms with Crippen molar-refractivity contribution in [3.8, 4) is 5.75 Å². The molecule has 0 spiro atoms. The van der Waals surface area contributed by atoms with Gasteiger partial charge in [-0.1, -0.05) is 6.42 Å². The van der Waals surface area contributed by atoms with Crippen LogP contribution in [-0.4, -0.2) is 49.1 Å². The van der Waals surface area contributed by atoms with Crippen LogP contribution in [0.1, 0.15) is 48.0 Å².